The number of benzene rings is 1. The molecule has 190 valence electrons. The van der Waals surface area contributed by atoms with Gasteiger partial charge in [0.15, 0.2) is 0 Å². The van der Waals surface area contributed by atoms with E-state index in [1.165, 1.54) is 18.2 Å². The first-order valence-electron chi connectivity index (χ1n) is 11.0. The summed E-state index contributed by atoms with van der Waals surface area (Å²) in [6.07, 6.45) is 1.70. The zero-order chi connectivity index (χ0) is 25.9. The molecule has 0 bridgehead atoms. The van der Waals surface area contributed by atoms with E-state index in [1.807, 2.05) is 20.8 Å². The second-order valence-corrected chi connectivity index (χ2v) is 15.0. The summed E-state index contributed by atoms with van der Waals surface area (Å²) >= 11 is 0. The van der Waals surface area contributed by atoms with Gasteiger partial charge < -0.3 is 0 Å². The summed E-state index contributed by atoms with van der Waals surface area (Å²) in [7, 11) is -8.04. The number of hydrogen-bond donors (Lipinski definition) is 5. The third-order valence-electron chi connectivity index (χ3n) is 5.67. The van der Waals surface area contributed by atoms with Crippen molar-refractivity contribution in [1.82, 2.24) is 4.90 Å². The maximum atomic E-state index is 13.5. The molecule has 12 heteroatoms. The molecule has 34 heavy (non-hydrogen) atoms. The van der Waals surface area contributed by atoms with Crippen LogP contribution < -0.4 is 15.3 Å². The molecule has 3 rings (SSSR count). The van der Waals surface area contributed by atoms with Crippen molar-refractivity contribution in [3.05, 3.63) is 29.5 Å². The first-order valence-corrected chi connectivity index (χ1v) is 14.7. The Balaban J connectivity index is 2.02. The predicted octanol–water partition coefficient (Wildman–Crippen LogP) is 2.49. The predicted molar refractivity (Wildman–Crippen MR) is 137 cm³/mol. The normalized spacial score (nSPS) is 21.7. The number of amidine groups is 1. The molecular formula is C22H35N4O6PS. The van der Waals surface area contributed by atoms with Crippen molar-refractivity contribution in [3.63, 3.8) is 0 Å². The Labute approximate surface area is 201 Å². The van der Waals surface area contributed by atoms with Gasteiger partial charge in [0.2, 0.25) is 0 Å². The molecule has 0 aromatic heterocycles. The summed E-state index contributed by atoms with van der Waals surface area (Å²) in [5.74, 6) is -0.708. The van der Waals surface area contributed by atoms with Crippen LogP contribution in [-0.2, 0) is 14.8 Å². The number of rotatable bonds is 5. The summed E-state index contributed by atoms with van der Waals surface area (Å²) < 4.78 is 29.4. The number of aliphatic hydroxyl groups excluding tert-OH is 1. The first-order chi connectivity index (χ1) is 15.3. The number of anilines is 2. The van der Waals surface area contributed by atoms with Crippen LogP contribution in [0.25, 0.3) is 0 Å². The fourth-order valence-corrected chi connectivity index (χ4v) is 6.15. The number of sulfonamides is 1. The Morgan fingerprint density at radius 2 is 1.79 bits per heavy atom. The van der Waals surface area contributed by atoms with Crippen LogP contribution in [0.1, 0.15) is 48.0 Å². The minimum atomic E-state index is -4.47. The van der Waals surface area contributed by atoms with Gasteiger partial charge in [-0.1, -0.05) is 0 Å². The van der Waals surface area contributed by atoms with Crippen molar-refractivity contribution in [2.24, 2.45) is 15.6 Å². The van der Waals surface area contributed by atoms with E-state index in [1.54, 1.807) is 4.90 Å². The quantitative estimate of drug-likeness (QED) is 0.379. The topological polar surface area (TPSA) is 152 Å². The molecule has 0 unspecified atom stereocenters. The van der Waals surface area contributed by atoms with Crippen molar-refractivity contribution in [3.8, 4) is 0 Å². The number of carbonyl (C=O) groups excluding carboxylic acids is 1. The molecule has 10 nitrogen and oxygen atoms in total. The van der Waals surface area contributed by atoms with E-state index in [2.05, 4.69) is 35.6 Å². The average molecular weight is 515 g/mol. The molecule has 0 aliphatic carbocycles. The monoisotopic (exact) mass is 514 g/mol. The second-order valence-electron chi connectivity index (χ2n) is 11.2. The van der Waals surface area contributed by atoms with Crippen LogP contribution in [0.5, 0.6) is 0 Å². The van der Waals surface area contributed by atoms with Gasteiger partial charge in [-0.25, -0.2) is 0 Å². The molecule has 5 N–H and O–H groups in total. The van der Waals surface area contributed by atoms with Crippen molar-refractivity contribution >= 4 is 46.3 Å². The first kappa shape index (κ1) is 26.4. The molecule has 0 saturated heterocycles. The van der Waals surface area contributed by atoms with E-state index in [-0.39, 0.29) is 39.3 Å². The number of hydrogen-bond acceptors (Lipinski definition) is 8. The molecule has 2 aliphatic rings. The van der Waals surface area contributed by atoms with Crippen molar-refractivity contribution in [2.75, 3.05) is 22.8 Å². The molecule has 0 spiro atoms. The van der Waals surface area contributed by atoms with Gasteiger partial charge in [-0.15, -0.1) is 0 Å². The molecule has 0 saturated carbocycles. The molecular weight excluding hydrogens is 479 g/mol. The Morgan fingerprint density at radius 3 is 2.32 bits per heavy atom. The van der Waals surface area contributed by atoms with Gasteiger partial charge in [0, 0.05) is 0 Å². The summed E-state index contributed by atoms with van der Waals surface area (Å²) in [6, 6.07) is 3.63. The number of amides is 1. The SMILES string of the molecule is CC(C)(C)CCN1C(=O)C(C2=N[PH](O)(O)c3cc(NS(C)(=O)=O)ccc3N2)=C(O)[C@@H]1C(C)(C)C. The molecule has 1 aromatic carbocycles. The molecule has 1 atom stereocenters. The molecule has 1 aromatic rings. The summed E-state index contributed by atoms with van der Waals surface area (Å²) in [6.45, 7) is 12.4. The van der Waals surface area contributed by atoms with E-state index in [4.69, 9.17) is 0 Å². The van der Waals surface area contributed by atoms with Crippen LogP contribution in [0.15, 0.2) is 34.3 Å². The Hall–Kier alpha value is -2.20. The van der Waals surface area contributed by atoms with Gasteiger partial charge in [0.1, 0.15) is 0 Å². The van der Waals surface area contributed by atoms with Gasteiger partial charge in [0.05, 0.1) is 0 Å². The van der Waals surface area contributed by atoms with Crippen molar-refractivity contribution in [2.45, 2.75) is 54.0 Å². The minimum absolute atomic E-state index is 0.0311. The molecule has 0 fully saturated rings. The van der Waals surface area contributed by atoms with Crippen LogP contribution in [0.3, 0.4) is 0 Å². The van der Waals surface area contributed by atoms with Crippen LogP contribution in [-0.4, -0.2) is 58.8 Å². The molecule has 2 aliphatic heterocycles. The van der Waals surface area contributed by atoms with E-state index in [0.717, 1.165) is 6.26 Å². The fraction of sp³-hybridized carbons (Fsp3) is 0.545. The van der Waals surface area contributed by atoms with Crippen LogP contribution in [0.4, 0.5) is 11.4 Å². The standard InChI is InChI=1S/C22H35N4O6PS/c1-21(2,3)10-11-26-18(22(4,5)6)17(27)16(20(26)28)19-23-14-9-8-13(25-34(7,31)32)12-15(14)33(29,30)24-19/h8-9,12,18,25,27,29-30,33H,10-11H2,1-7H3,(H,23,24)/t18-/m1/s1. The number of nitrogens with one attached hydrogen (secondary N) is 2. The third-order valence-corrected chi connectivity index (χ3v) is 7.94. The maximum absolute atomic E-state index is 13.5. The van der Waals surface area contributed by atoms with Gasteiger partial charge in [0.25, 0.3) is 0 Å². The van der Waals surface area contributed by atoms with Gasteiger partial charge in [-0.2, -0.15) is 0 Å². The van der Waals surface area contributed by atoms with Crippen LogP contribution >= 0.6 is 7.87 Å². The van der Waals surface area contributed by atoms with E-state index < -0.39 is 35.3 Å². The third kappa shape index (κ3) is 5.54. The average Bonchev–Trinajstić information content (AvgIpc) is 2.88. The van der Waals surface area contributed by atoms with Gasteiger partial charge in [-0.3, -0.25) is 0 Å². The van der Waals surface area contributed by atoms with Crippen LogP contribution in [0, 0.1) is 10.8 Å². The molecule has 2 heterocycles. The zero-order valence-corrected chi connectivity index (χ0v) is 22.4. The molecule has 0 radical (unpaired) electrons. The summed E-state index contributed by atoms with van der Waals surface area (Å²) in [5.41, 5.74) is -0.170. The Morgan fingerprint density at radius 1 is 1.18 bits per heavy atom. The number of carbonyl (C=O) groups is 1. The number of nitrogens with zero attached hydrogens (tertiary/aromatic N) is 2. The fourth-order valence-electron chi connectivity index (χ4n) is 4.14. The zero-order valence-electron chi connectivity index (χ0n) is 20.6. The molecule has 1 amide bonds. The second kappa shape index (κ2) is 8.48. The van der Waals surface area contributed by atoms with Crippen molar-refractivity contribution < 1.29 is 28.1 Å². The Bertz CT molecular complexity index is 1180. The van der Waals surface area contributed by atoms with Gasteiger partial charge in [-0.05, 0) is 0 Å². The van der Waals surface area contributed by atoms with Crippen LogP contribution in [0.2, 0.25) is 0 Å². The number of aliphatic hydroxyl groups is 1. The van der Waals surface area contributed by atoms with E-state index in [0.29, 0.717) is 13.0 Å². The van der Waals surface area contributed by atoms with E-state index in [9.17, 15) is 28.1 Å². The number of fused-ring (bicyclic) bond motifs is 1. The summed E-state index contributed by atoms with van der Waals surface area (Å²) in [5, 5.41) is 14.1. The van der Waals surface area contributed by atoms with E-state index >= 15 is 0 Å². The van der Waals surface area contributed by atoms with Crippen molar-refractivity contribution in [1.29, 1.82) is 0 Å². The summed E-state index contributed by atoms with van der Waals surface area (Å²) in [4.78, 5) is 36.7. The Kier molecular flexibility index (Phi) is 6.58. The van der Waals surface area contributed by atoms with Gasteiger partial charge >= 0.3 is 201 Å².